The lowest BCUT2D eigenvalue weighted by molar-refractivity contribution is 0.280. The van der Waals surface area contributed by atoms with Gasteiger partial charge in [0, 0.05) is 31.9 Å². The topological polar surface area (TPSA) is 18.8 Å². The van der Waals surface area contributed by atoms with Gasteiger partial charge >= 0.3 is 0 Å². The molecule has 2 rings (SSSR count). The van der Waals surface area contributed by atoms with Crippen molar-refractivity contribution in [2.75, 3.05) is 33.2 Å². The molecule has 0 atom stereocenters. The highest BCUT2D eigenvalue weighted by Gasteiger charge is 2.29. The minimum Gasteiger partial charge on any atom is -0.344 e. The van der Waals surface area contributed by atoms with Crippen molar-refractivity contribution in [3.05, 3.63) is 0 Å². The van der Waals surface area contributed by atoms with Crippen LogP contribution in [-0.2, 0) is 0 Å². The smallest absolute Gasteiger partial charge is 0.196 e. The fraction of sp³-hybridized carbons (Fsp3) is 0.857. The third-order valence-electron chi connectivity index (χ3n) is 2.18. The van der Waals surface area contributed by atoms with E-state index in [0.29, 0.717) is 5.25 Å². The lowest BCUT2D eigenvalue weighted by Crippen LogP contribution is -2.54. The van der Waals surface area contributed by atoms with Crippen LogP contribution in [-0.4, -0.2) is 54.2 Å². The summed E-state index contributed by atoms with van der Waals surface area (Å²) in [5, 5.41) is 0.562. The van der Waals surface area contributed by atoms with Crippen molar-refractivity contribution in [3.63, 3.8) is 0 Å². The van der Waals surface area contributed by atoms with Gasteiger partial charge in [-0.1, -0.05) is 0 Å². The minimum absolute atomic E-state index is 0.562. The van der Waals surface area contributed by atoms with Crippen LogP contribution in [0.2, 0.25) is 0 Å². The van der Waals surface area contributed by atoms with E-state index in [1.54, 1.807) is 0 Å². The predicted molar refractivity (Wildman–Crippen MR) is 49.3 cm³/mol. The monoisotopic (exact) mass is 171 g/mol. The van der Waals surface area contributed by atoms with Crippen LogP contribution in [0.25, 0.3) is 0 Å². The van der Waals surface area contributed by atoms with Gasteiger partial charge in [-0.25, -0.2) is 0 Å². The molecule has 0 spiro atoms. The summed E-state index contributed by atoms with van der Waals surface area (Å²) in [6.07, 6.45) is 0. The number of likely N-dealkylation sites (tertiary alicyclic amines) is 1. The summed E-state index contributed by atoms with van der Waals surface area (Å²) < 4.78 is 0. The molecule has 1 fully saturated rings. The van der Waals surface area contributed by atoms with Crippen LogP contribution in [0.4, 0.5) is 0 Å². The van der Waals surface area contributed by atoms with E-state index in [-0.39, 0.29) is 0 Å². The third kappa shape index (κ3) is 1.20. The van der Waals surface area contributed by atoms with Gasteiger partial charge in [-0.15, -0.1) is 0 Å². The first-order chi connectivity index (χ1) is 5.27. The molecule has 0 aromatic heterocycles. The zero-order chi connectivity index (χ0) is 7.84. The van der Waals surface area contributed by atoms with Gasteiger partial charge in [0.2, 0.25) is 0 Å². The molecule has 2 heterocycles. The summed E-state index contributed by atoms with van der Waals surface area (Å²) in [5.74, 6) is 1.16. The van der Waals surface area contributed by atoms with Crippen LogP contribution in [0.5, 0.6) is 0 Å². The van der Waals surface area contributed by atoms with Crippen molar-refractivity contribution in [1.29, 1.82) is 0 Å². The Labute approximate surface area is 72.5 Å². The summed E-state index contributed by atoms with van der Waals surface area (Å²) in [6, 6.07) is 0. The molecule has 0 radical (unpaired) electrons. The van der Waals surface area contributed by atoms with Crippen molar-refractivity contribution in [3.8, 4) is 0 Å². The Hall–Kier alpha value is -0.380. The molecule has 1 saturated heterocycles. The first-order valence-electron chi connectivity index (χ1n) is 3.96. The molecule has 11 heavy (non-hydrogen) atoms. The molecule has 0 amide bonds. The molecule has 3 nitrogen and oxygen atoms in total. The van der Waals surface area contributed by atoms with Gasteiger partial charge in [-0.3, -0.25) is 4.99 Å². The molecule has 2 aliphatic heterocycles. The number of thiol groups is 1. The third-order valence-corrected chi connectivity index (χ3v) is 2.50. The minimum atomic E-state index is 0.562. The largest absolute Gasteiger partial charge is 0.344 e. The van der Waals surface area contributed by atoms with Gasteiger partial charge in [0.15, 0.2) is 5.96 Å². The molecule has 0 unspecified atom stereocenters. The Kier molecular flexibility index (Phi) is 1.71. The second-order valence-electron chi connectivity index (χ2n) is 3.16. The Balaban J connectivity index is 1.95. The first kappa shape index (κ1) is 7.28. The predicted octanol–water partition coefficient (Wildman–Crippen LogP) is -0.0982. The van der Waals surface area contributed by atoms with E-state index < -0.39 is 0 Å². The summed E-state index contributed by atoms with van der Waals surface area (Å²) in [6.45, 7) is 4.15. The van der Waals surface area contributed by atoms with E-state index in [9.17, 15) is 0 Å². The van der Waals surface area contributed by atoms with E-state index >= 15 is 0 Å². The van der Waals surface area contributed by atoms with Crippen molar-refractivity contribution < 1.29 is 0 Å². The zero-order valence-corrected chi connectivity index (χ0v) is 7.59. The highest BCUT2D eigenvalue weighted by molar-refractivity contribution is 7.81. The lowest BCUT2D eigenvalue weighted by atomic mass is 10.2. The van der Waals surface area contributed by atoms with E-state index in [0.717, 1.165) is 32.1 Å². The first-order valence-corrected chi connectivity index (χ1v) is 4.47. The molecule has 0 bridgehead atoms. The molecule has 2 aliphatic rings. The molecule has 0 aromatic carbocycles. The standard InChI is InChI=1S/C7H13N3S/c1-9-3-2-8-7(9)10-4-6(11)5-10/h6,11H,2-5H2,1H3. The van der Waals surface area contributed by atoms with Gasteiger partial charge in [0.1, 0.15) is 0 Å². The van der Waals surface area contributed by atoms with E-state index in [1.165, 1.54) is 0 Å². The fourth-order valence-electron chi connectivity index (χ4n) is 1.48. The van der Waals surface area contributed by atoms with Crippen LogP contribution in [0.15, 0.2) is 4.99 Å². The van der Waals surface area contributed by atoms with Crippen LogP contribution < -0.4 is 0 Å². The van der Waals surface area contributed by atoms with Crippen molar-refractivity contribution in [2.24, 2.45) is 4.99 Å². The van der Waals surface area contributed by atoms with Crippen molar-refractivity contribution in [1.82, 2.24) is 9.80 Å². The highest BCUT2D eigenvalue weighted by Crippen LogP contribution is 2.16. The molecule has 0 aliphatic carbocycles. The highest BCUT2D eigenvalue weighted by atomic mass is 32.1. The second-order valence-corrected chi connectivity index (χ2v) is 3.89. The maximum Gasteiger partial charge on any atom is 0.196 e. The van der Waals surface area contributed by atoms with Gasteiger partial charge in [-0.05, 0) is 0 Å². The van der Waals surface area contributed by atoms with E-state index in [2.05, 4.69) is 34.5 Å². The SMILES string of the molecule is CN1CCN=C1N1CC(S)C1. The molecule has 0 N–H and O–H groups in total. The zero-order valence-electron chi connectivity index (χ0n) is 6.69. The van der Waals surface area contributed by atoms with Gasteiger partial charge in [0.05, 0.1) is 6.54 Å². The number of guanidine groups is 1. The van der Waals surface area contributed by atoms with Crippen LogP contribution in [0, 0.1) is 0 Å². The van der Waals surface area contributed by atoms with Crippen LogP contribution in [0.3, 0.4) is 0 Å². The molecule has 62 valence electrons. The number of rotatable bonds is 0. The Morgan fingerprint density at radius 2 is 2.27 bits per heavy atom. The second kappa shape index (κ2) is 2.59. The normalized spacial score (nSPS) is 25.5. The van der Waals surface area contributed by atoms with Crippen LogP contribution >= 0.6 is 12.6 Å². The lowest BCUT2D eigenvalue weighted by Gasteiger charge is -2.39. The fourth-order valence-corrected chi connectivity index (χ4v) is 1.87. The Morgan fingerprint density at radius 1 is 1.55 bits per heavy atom. The maximum atomic E-state index is 4.41. The van der Waals surface area contributed by atoms with Crippen molar-refractivity contribution >= 4 is 18.6 Å². The number of likely N-dealkylation sites (N-methyl/N-ethyl adjacent to an activating group) is 1. The summed E-state index contributed by atoms with van der Waals surface area (Å²) in [7, 11) is 2.09. The van der Waals surface area contributed by atoms with E-state index in [1.807, 2.05) is 0 Å². The van der Waals surface area contributed by atoms with Crippen LogP contribution in [0.1, 0.15) is 0 Å². The number of hydrogen-bond acceptors (Lipinski definition) is 4. The summed E-state index contributed by atoms with van der Waals surface area (Å²) in [4.78, 5) is 8.90. The average molecular weight is 171 g/mol. The van der Waals surface area contributed by atoms with E-state index in [4.69, 9.17) is 0 Å². The number of aliphatic imine (C=N–C) groups is 1. The molecule has 4 heteroatoms. The van der Waals surface area contributed by atoms with Gasteiger partial charge in [-0.2, -0.15) is 12.6 Å². The van der Waals surface area contributed by atoms with Gasteiger partial charge < -0.3 is 9.80 Å². The van der Waals surface area contributed by atoms with Crippen molar-refractivity contribution in [2.45, 2.75) is 5.25 Å². The summed E-state index contributed by atoms with van der Waals surface area (Å²) in [5.41, 5.74) is 0. The maximum absolute atomic E-state index is 4.41. The summed E-state index contributed by atoms with van der Waals surface area (Å²) >= 11 is 4.35. The average Bonchev–Trinajstić information content (AvgIpc) is 2.29. The number of nitrogens with zero attached hydrogens (tertiary/aromatic N) is 3. The molecule has 0 aromatic rings. The molecular weight excluding hydrogens is 158 g/mol. The molecular formula is C7H13N3S. The Bertz CT molecular complexity index is 186. The molecule has 0 saturated carbocycles. The van der Waals surface area contributed by atoms with Gasteiger partial charge in [0.25, 0.3) is 0 Å². The Morgan fingerprint density at radius 3 is 2.73 bits per heavy atom. The number of hydrogen-bond donors (Lipinski definition) is 1. The quantitative estimate of drug-likeness (QED) is 0.513.